The summed E-state index contributed by atoms with van der Waals surface area (Å²) in [4.78, 5) is 31.8. The molecule has 0 saturated heterocycles. The van der Waals surface area contributed by atoms with Crippen LogP contribution in [0.5, 0.6) is 11.5 Å². The van der Waals surface area contributed by atoms with Crippen LogP contribution in [0.2, 0.25) is 0 Å². The van der Waals surface area contributed by atoms with Gasteiger partial charge in [0.25, 0.3) is 0 Å². The molecular weight excluding hydrogens is 418 g/mol. The van der Waals surface area contributed by atoms with Gasteiger partial charge in [-0.1, -0.05) is 6.07 Å². The number of nitrogens with two attached hydrogens (primary N) is 1. The van der Waals surface area contributed by atoms with Gasteiger partial charge in [0, 0.05) is 17.6 Å². The first-order chi connectivity index (χ1) is 15.3. The molecule has 0 saturated carbocycles. The molecule has 2 amide bonds. The van der Waals surface area contributed by atoms with Crippen LogP contribution >= 0.6 is 0 Å². The Kier molecular flexibility index (Phi) is 5.55. The molecule has 2 aromatic carbocycles. The third kappa shape index (κ3) is 4.27. The van der Waals surface area contributed by atoms with Gasteiger partial charge in [0.15, 0.2) is 11.6 Å². The Balaban J connectivity index is 1.59. The van der Waals surface area contributed by atoms with Crippen LogP contribution in [0.15, 0.2) is 60.8 Å². The molecule has 0 radical (unpaired) electrons. The number of nitrogens with zero attached hydrogens (tertiary/aromatic N) is 1. The van der Waals surface area contributed by atoms with Crippen LogP contribution in [-0.2, 0) is 9.59 Å². The molecule has 0 aliphatic carbocycles. The summed E-state index contributed by atoms with van der Waals surface area (Å²) in [5.41, 5.74) is 7.20. The number of ether oxygens (including phenoxy) is 1. The second-order valence-electron chi connectivity index (χ2n) is 7.15. The smallest absolute Gasteiger partial charge is 0.241 e. The van der Waals surface area contributed by atoms with Gasteiger partial charge in [0.1, 0.15) is 23.1 Å². The minimum absolute atomic E-state index is 0.0549. The zero-order valence-electron chi connectivity index (χ0n) is 16.9. The molecule has 0 aliphatic rings. The molecule has 2 aromatic heterocycles. The SMILES string of the molecule is Cc1cc2c(Oc3ccc(C(C(N)=O)C(=O)Nc4ccc(F)cc4)cc3F)ccnc2[nH]1. The number of primary amides is 1. The fourth-order valence-electron chi connectivity index (χ4n) is 3.31. The van der Waals surface area contributed by atoms with Gasteiger partial charge < -0.3 is 20.8 Å². The average Bonchev–Trinajstić information content (AvgIpc) is 3.12. The minimum atomic E-state index is -1.46. The highest BCUT2D eigenvalue weighted by molar-refractivity contribution is 6.10. The molecule has 9 heteroatoms. The van der Waals surface area contributed by atoms with Crippen molar-refractivity contribution >= 4 is 28.5 Å². The van der Waals surface area contributed by atoms with Crippen molar-refractivity contribution in [3.63, 3.8) is 0 Å². The minimum Gasteiger partial charge on any atom is -0.453 e. The highest BCUT2D eigenvalue weighted by Crippen LogP contribution is 2.32. The van der Waals surface area contributed by atoms with Crippen LogP contribution in [-0.4, -0.2) is 21.8 Å². The summed E-state index contributed by atoms with van der Waals surface area (Å²) in [6, 6.07) is 12.1. The maximum atomic E-state index is 14.8. The molecule has 2 heterocycles. The van der Waals surface area contributed by atoms with Crippen molar-refractivity contribution in [1.29, 1.82) is 0 Å². The highest BCUT2D eigenvalue weighted by Gasteiger charge is 2.28. The van der Waals surface area contributed by atoms with Gasteiger partial charge in [-0.25, -0.2) is 13.8 Å². The molecule has 0 bridgehead atoms. The molecule has 1 atom stereocenters. The molecule has 0 spiro atoms. The molecule has 4 N–H and O–H groups in total. The number of hydrogen-bond donors (Lipinski definition) is 3. The van der Waals surface area contributed by atoms with Crippen molar-refractivity contribution in [2.24, 2.45) is 5.73 Å². The van der Waals surface area contributed by atoms with Crippen LogP contribution in [0.3, 0.4) is 0 Å². The number of nitrogens with one attached hydrogen (secondary N) is 2. The van der Waals surface area contributed by atoms with E-state index in [0.29, 0.717) is 16.8 Å². The number of halogens is 2. The van der Waals surface area contributed by atoms with Gasteiger partial charge in [0.2, 0.25) is 11.8 Å². The molecule has 1 unspecified atom stereocenters. The van der Waals surface area contributed by atoms with Crippen molar-refractivity contribution in [2.45, 2.75) is 12.8 Å². The second kappa shape index (κ2) is 8.46. The van der Waals surface area contributed by atoms with E-state index >= 15 is 0 Å². The molecule has 32 heavy (non-hydrogen) atoms. The average molecular weight is 436 g/mol. The quantitative estimate of drug-likeness (QED) is 0.395. The van der Waals surface area contributed by atoms with E-state index in [1.54, 1.807) is 6.07 Å². The topological polar surface area (TPSA) is 110 Å². The molecule has 0 aliphatic heterocycles. The summed E-state index contributed by atoms with van der Waals surface area (Å²) in [5, 5.41) is 3.16. The lowest BCUT2D eigenvalue weighted by atomic mass is 9.97. The van der Waals surface area contributed by atoms with E-state index in [1.807, 2.05) is 13.0 Å². The van der Waals surface area contributed by atoms with Gasteiger partial charge in [-0.3, -0.25) is 9.59 Å². The first-order valence-electron chi connectivity index (χ1n) is 9.59. The van der Waals surface area contributed by atoms with E-state index < -0.39 is 29.4 Å². The van der Waals surface area contributed by atoms with Crippen molar-refractivity contribution in [3.8, 4) is 11.5 Å². The molecule has 162 valence electrons. The van der Waals surface area contributed by atoms with Gasteiger partial charge in [-0.05, 0) is 61.0 Å². The van der Waals surface area contributed by atoms with Gasteiger partial charge in [0.05, 0.1) is 5.39 Å². The highest BCUT2D eigenvalue weighted by atomic mass is 19.1. The largest absolute Gasteiger partial charge is 0.453 e. The lowest BCUT2D eigenvalue weighted by Crippen LogP contribution is -2.32. The number of fused-ring (bicyclic) bond motifs is 1. The van der Waals surface area contributed by atoms with Crippen LogP contribution in [0, 0.1) is 18.6 Å². The van der Waals surface area contributed by atoms with Gasteiger partial charge in [-0.2, -0.15) is 0 Å². The third-order valence-corrected chi connectivity index (χ3v) is 4.79. The number of carbonyl (C=O) groups excluding carboxylic acids is 2. The Morgan fingerprint density at radius 2 is 1.81 bits per heavy atom. The van der Waals surface area contributed by atoms with Crippen LogP contribution in [0.4, 0.5) is 14.5 Å². The second-order valence-corrected chi connectivity index (χ2v) is 7.15. The van der Waals surface area contributed by atoms with Crippen molar-refractivity contribution in [1.82, 2.24) is 9.97 Å². The van der Waals surface area contributed by atoms with Crippen molar-refractivity contribution in [3.05, 3.63) is 83.7 Å². The molecule has 7 nitrogen and oxygen atoms in total. The molecule has 4 rings (SSSR count). The van der Waals surface area contributed by atoms with E-state index in [2.05, 4.69) is 15.3 Å². The zero-order valence-corrected chi connectivity index (χ0v) is 16.9. The number of hydrogen-bond acceptors (Lipinski definition) is 4. The van der Waals surface area contributed by atoms with Crippen molar-refractivity contribution in [2.75, 3.05) is 5.32 Å². The number of benzene rings is 2. The molecule has 0 fully saturated rings. The van der Waals surface area contributed by atoms with Crippen LogP contribution in [0.1, 0.15) is 17.2 Å². The number of H-pyrrole nitrogens is 1. The molecular formula is C23H18F2N4O3. The first kappa shape index (κ1) is 21.0. The van der Waals surface area contributed by atoms with E-state index in [1.165, 1.54) is 30.5 Å². The lowest BCUT2D eigenvalue weighted by Gasteiger charge is -2.15. The number of aryl methyl sites for hydroxylation is 1. The zero-order chi connectivity index (χ0) is 22.8. The number of aromatic amines is 1. The fourth-order valence-corrected chi connectivity index (χ4v) is 3.31. The maximum absolute atomic E-state index is 14.8. The lowest BCUT2D eigenvalue weighted by molar-refractivity contribution is -0.127. The Labute approximate surface area is 181 Å². The number of anilines is 1. The predicted octanol–water partition coefficient (Wildman–Crippen LogP) is 4.15. The van der Waals surface area contributed by atoms with Crippen LogP contribution < -0.4 is 15.8 Å². The van der Waals surface area contributed by atoms with Crippen LogP contribution in [0.25, 0.3) is 11.0 Å². The number of amides is 2. The summed E-state index contributed by atoms with van der Waals surface area (Å²) in [6.07, 6.45) is 1.53. The Hall–Kier alpha value is -4.27. The Bertz CT molecular complexity index is 1320. The summed E-state index contributed by atoms with van der Waals surface area (Å²) in [6.45, 7) is 1.86. The number of carbonyl (C=O) groups is 2. The normalized spacial score (nSPS) is 11.8. The van der Waals surface area contributed by atoms with E-state index in [4.69, 9.17) is 10.5 Å². The Morgan fingerprint density at radius 3 is 2.50 bits per heavy atom. The summed E-state index contributed by atoms with van der Waals surface area (Å²) in [7, 11) is 0. The number of rotatable bonds is 6. The van der Waals surface area contributed by atoms with E-state index in [0.717, 1.165) is 23.9 Å². The number of pyridine rings is 1. The fraction of sp³-hybridized carbons (Fsp3) is 0.0870. The third-order valence-electron chi connectivity index (χ3n) is 4.79. The van der Waals surface area contributed by atoms with Gasteiger partial charge >= 0.3 is 0 Å². The summed E-state index contributed by atoms with van der Waals surface area (Å²) < 4.78 is 33.6. The summed E-state index contributed by atoms with van der Waals surface area (Å²) >= 11 is 0. The maximum Gasteiger partial charge on any atom is 0.241 e. The first-order valence-corrected chi connectivity index (χ1v) is 9.59. The standard InChI is InChI=1S/C23H18F2N4O3/c1-12-10-16-18(8-9-27-22(16)28-12)32-19-7-2-13(11-17(19)25)20(21(26)30)23(31)29-15-5-3-14(24)4-6-15/h2-11,20H,1H3,(H2,26,30)(H,27,28)(H,29,31). The number of aromatic nitrogens is 2. The molecule has 4 aromatic rings. The predicted molar refractivity (Wildman–Crippen MR) is 114 cm³/mol. The van der Waals surface area contributed by atoms with Gasteiger partial charge in [-0.15, -0.1) is 0 Å². The summed E-state index contributed by atoms with van der Waals surface area (Å²) in [5.74, 6) is -4.14. The monoisotopic (exact) mass is 436 g/mol. The van der Waals surface area contributed by atoms with Crippen molar-refractivity contribution < 1.29 is 23.1 Å². The van der Waals surface area contributed by atoms with E-state index in [9.17, 15) is 18.4 Å². The van der Waals surface area contributed by atoms with E-state index in [-0.39, 0.29) is 17.0 Å². The Morgan fingerprint density at radius 1 is 1.06 bits per heavy atom.